The molecule has 0 saturated heterocycles. The number of benzene rings is 7. The van der Waals surface area contributed by atoms with Crippen LogP contribution < -0.4 is 9.80 Å². The van der Waals surface area contributed by atoms with E-state index < -0.39 is 0 Å². The summed E-state index contributed by atoms with van der Waals surface area (Å²) in [6.45, 7) is 0. The fraction of sp³-hybridized carbons (Fsp3) is 0.0455. The van der Waals surface area contributed by atoms with Gasteiger partial charge in [-0.25, -0.2) is 0 Å². The van der Waals surface area contributed by atoms with Crippen molar-refractivity contribution in [2.75, 3.05) is 9.80 Å². The quantitative estimate of drug-likeness (QED) is 0.170. The van der Waals surface area contributed by atoms with Crippen molar-refractivity contribution < 1.29 is 0 Å². The first-order chi connectivity index (χ1) is 22.8. The number of allylic oxidation sites excluding steroid dienone is 1. The van der Waals surface area contributed by atoms with Gasteiger partial charge < -0.3 is 9.80 Å². The Morgan fingerprint density at radius 3 is 1.72 bits per heavy atom. The van der Waals surface area contributed by atoms with Gasteiger partial charge >= 0.3 is 0 Å². The lowest BCUT2D eigenvalue weighted by Gasteiger charge is -2.35. The number of hydrogen-bond donors (Lipinski definition) is 0. The van der Waals surface area contributed by atoms with E-state index in [1.165, 1.54) is 50.1 Å². The zero-order valence-electron chi connectivity index (χ0n) is 25.6. The lowest BCUT2D eigenvalue weighted by molar-refractivity contribution is 0.818. The third kappa shape index (κ3) is 5.25. The fourth-order valence-electron chi connectivity index (χ4n) is 6.75. The third-order valence-electron chi connectivity index (χ3n) is 8.97. The minimum absolute atomic E-state index is 0.135. The van der Waals surface area contributed by atoms with Gasteiger partial charge in [0.15, 0.2) is 0 Å². The zero-order valence-corrected chi connectivity index (χ0v) is 25.6. The molecule has 0 fully saturated rings. The molecule has 7 aromatic carbocycles. The summed E-state index contributed by atoms with van der Waals surface area (Å²) < 4.78 is 0. The normalized spacial score (nSPS) is 13.7. The summed E-state index contributed by atoms with van der Waals surface area (Å²) >= 11 is 0. The second kappa shape index (κ2) is 12.3. The van der Waals surface area contributed by atoms with Gasteiger partial charge in [0.1, 0.15) is 0 Å². The van der Waals surface area contributed by atoms with E-state index in [-0.39, 0.29) is 6.04 Å². The zero-order chi connectivity index (χ0) is 30.7. The van der Waals surface area contributed by atoms with Gasteiger partial charge in [-0.2, -0.15) is 0 Å². The van der Waals surface area contributed by atoms with Crippen molar-refractivity contribution in [1.82, 2.24) is 0 Å². The summed E-state index contributed by atoms with van der Waals surface area (Å²) in [6, 6.07) is 63.4. The first-order valence-corrected chi connectivity index (χ1v) is 16.0. The fourth-order valence-corrected chi connectivity index (χ4v) is 6.75. The topological polar surface area (TPSA) is 6.48 Å². The maximum atomic E-state index is 2.45. The van der Waals surface area contributed by atoms with Crippen LogP contribution in [0.4, 0.5) is 28.4 Å². The number of nitrogens with zero attached hydrogens (tertiary/aromatic N) is 2. The molecule has 1 aliphatic rings. The lowest BCUT2D eigenvalue weighted by atomic mass is 9.91. The Morgan fingerprint density at radius 1 is 0.435 bits per heavy atom. The SMILES string of the molecule is C1=CC(N(c2ccccc2)c2ccc(-c3ccc(N(c4ccccc4)c4cccc5ccccc45)cc3)cc2)c2ccccc2C1. The number of para-hydroxylation sites is 2. The highest BCUT2D eigenvalue weighted by molar-refractivity contribution is 5.99. The molecule has 0 amide bonds. The van der Waals surface area contributed by atoms with Crippen molar-refractivity contribution in [3.63, 3.8) is 0 Å². The standard InChI is InChI=1S/C44H34N2/c1-3-17-37(18-4-1)45(43-23-11-15-35-13-7-9-21-41(35)43)39-29-25-33(26-30-39)34-27-31-40(32-28-34)46(38-19-5-2-6-20-38)44-24-12-16-36-14-8-10-22-42(36)44/h1-15,17-32,44H,16H2. The maximum absolute atomic E-state index is 2.45. The molecule has 0 aromatic heterocycles. The molecule has 0 heterocycles. The van der Waals surface area contributed by atoms with E-state index in [9.17, 15) is 0 Å². The molecule has 7 aromatic rings. The van der Waals surface area contributed by atoms with Gasteiger partial charge in [-0.3, -0.25) is 0 Å². The molecule has 0 aliphatic heterocycles. The van der Waals surface area contributed by atoms with E-state index in [4.69, 9.17) is 0 Å². The first-order valence-electron chi connectivity index (χ1n) is 16.0. The molecular weight excluding hydrogens is 556 g/mol. The summed E-state index contributed by atoms with van der Waals surface area (Å²) in [5, 5.41) is 2.46. The molecule has 1 aliphatic carbocycles. The van der Waals surface area contributed by atoms with Gasteiger partial charge in [-0.05, 0) is 88.7 Å². The van der Waals surface area contributed by atoms with Crippen LogP contribution >= 0.6 is 0 Å². The molecule has 0 bridgehead atoms. The van der Waals surface area contributed by atoms with E-state index in [0.29, 0.717) is 0 Å². The number of hydrogen-bond acceptors (Lipinski definition) is 2. The highest BCUT2D eigenvalue weighted by Crippen LogP contribution is 2.41. The summed E-state index contributed by atoms with van der Waals surface area (Å²) in [5.74, 6) is 0. The van der Waals surface area contributed by atoms with Crippen LogP contribution in [0.3, 0.4) is 0 Å². The maximum Gasteiger partial charge on any atom is 0.0778 e. The van der Waals surface area contributed by atoms with Crippen LogP contribution in [0.5, 0.6) is 0 Å². The summed E-state index contributed by atoms with van der Waals surface area (Å²) in [4.78, 5) is 4.80. The Kier molecular flexibility index (Phi) is 7.38. The average Bonchev–Trinajstić information content (AvgIpc) is 3.14. The molecule has 46 heavy (non-hydrogen) atoms. The predicted molar refractivity (Wildman–Crippen MR) is 195 cm³/mol. The van der Waals surface area contributed by atoms with Crippen molar-refractivity contribution in [3.8, 4) is 11.1 Å². The molecule has 8 rings (SSSR count). The van der Waals surface area contributed by atoms with Gasteiger partial charge in [-0.15, -0.1) is 0 Å². The molecule has 0 radical (unpaired) electrons. The Hall–Kier alpha value is -5.86. The monoisotopic (exact) mass is 590 g/mol. The van der Waals surface area contributed by atoms with Gasteiger partial charge in [0, 0.05) is 28.1 Å². The minimum atomic E-state index is 0.135. The largest absolute Gasteiger partial charge is 0.330 e. The van der Waals surface area contributed by atoms with E-state index >= 15 is 0 Å². The minimum Gasteiger partial charge on any atom is -0.330 e. The van der Waals surface area contributed by atoms with Crippen molar-refractivity contribution in [2.45, 2.75) is 12.5 Å². The Labute approximate surface area is 271 Å². The Morgan fingerprint density at radius 2 is 0.978 bits per heavy atom. The van der Waals surface area contributed by atoms with Gasteiger partial charge in [0.05, 0.1) is 11.7 Å². The second-order valence-corrected chi connectivity index (χ2v) is 11.7. The molecular formula is C44H34N2. The van der Waals surface area contributed by atoms with Crippen LogP contribution in [-0.2, 0) is 6.42 Å². The van der Waals surface area contributed by atoms with E-state index in [0.717, 1.165) is 17.8 Å². The highest BCUT2D eigenvalue weighted by atomic mass is 15.2. The molecule has 0 N–H and O–H groups in total. The first kappa shape index (κ1) is 27.7. The summed E-state index contributed by atoms with van der Waals surface area (Å²) in [7, 11) is 0. The molecule has 2 heteroatoms. The number of anilines is 5. The van der Waals surface area contributed by atoms with Crippen LogP contribution in [0.15, 0.2) is 188 Å². The molecule has 1 atom stereocenters. The van der Waals surface area contributed by atoms with E-state index in [1.807, 2.05) is 0 Å². The highest BCUT2D eigenvalue weighted by Gasteiger charge is 2.24. The van der Waals surface area contributed by atoms with Gasteiger partial charge in [0.25, 0.3) is 0 Å². The van der Waals surface area contributed by atoms with Crippen LogP contribution in [0.1, 0.15) is 17.2 Å². The molecule has 2 nitrogen and oxygen atoms in total. The van der Waals surface area contributed by atoms with E-state index in [2.05, 4.69) is 198 Å². The lowest BCUT2D eigenvalue weighted by Crippen LogP contribution is -2.24. The third-order valence-corrected chi connectivity index (χ3v) is 8.97. The average molecular weight is 591 g/mol. The Balaban J connectivity index is 1.14. The molecule has 1 unspecified atom stereocenters. The van der Waals surface area contributed by atoms with Gasteiger partial charge in [0.2, 0.25) is 0 Å². The molecule has 220 valence electrons. The molecule has 0 saturated carbocycles. The van der Waals surface area contributed by atoms with Crippen LogP contribution in [0, 0.1) is 0 Å². The van der Waals surface area contributed by atoms with Crippen molar-refractivity contribution >= 4 is 39.2 Å². The summed E-state index contributed by atoms with van der Waals surface area (Å²) in [5.41, 5.74) is 10.9. The van der Waals surface area contributed by atoms with Crippen molar-refractivity contribution in [3.05, 3.63) is 199 Å². The smallest absolute Gasteiger partial charge is 0.0778 e. The van der Waals surface area contributed by atoms with Crippen molar-refractivity contribution in [1.29, 1.82) is 0 Å². The molecule has 0 spiro atoms. The van der Waals surface area contributed by atoms with Crippen molar-refractivity contribution in [2.24, 2.45) is 0 Å². The Bertz CT molecular complexity index is 2110. The van der Waals surface area contributed by atoms with E-state index in [1.54, 1.807) is 0 Å². The van der Waals surface area contributed by atoms with Crippen LogP contribution in [0.2, 0.25) is 0 Å². The van der Waals surface area contributed by atoms with Gasteiger partial charge in [-0.1, -0.05) is 133 Å². The predicted octanol–water partition coefficient (Wildman–Crippen LogP) is 12.0. The van der Waals surface area contributed by atoms with Crippen LogP contribution in [0.25, 0.3) is 21.9 Å². The second-order valence-electron chi connectivity index (χ2n) is 11.7. The number of rotatable bonds is 7. The summed E-state index contributed by atoms with van der Waals surface area (Å²) in [6.07, 6.45) is 5.62. The van der Waals surface area contributed by atoms with Crippen LogP contribution in [-0.4, -0.2) is 0 Å². The number of fused-ring (bicyclic) bond motifs is 2.